The van der Waals surface area contributed by atoms with Crippen molar-refractivity contribution < 1.29 is 24.2 Å². The molecule has 124 valence electrons. The summed E-state index contributed by atoms with van der Waals surface area (Å²) in [6.07, 6.45) is -0.233. The van der Waals surface area contributed by atoms with Gasteiger partial charge < -0.3 is 20.1 Å². The van der Waals surface area contributed by atoms with Crippen LogP contribution < -0.4 is 5.32 Å². The first kappa shape index (κ1) is 17.0. The van der Waals surface area contributed by atoms with Crippen molar-refractivity contribution in [3.8, 4) is 0 Å². The molecule has 2 rings (SSSR count). The lowest BCUT2D eigenvalue weighted by Gasteiger charge is -2.37. The molecule has 2 N–H and O–H groups in total. The van der Waals surface area contributed by atoms with Crippen LogP contribution >= 0.6 is 0 Å². The molecule has 1 aliphatic heterocycles. The van der Waals surface area contributed by atoms with E-state index in [1.807, 2.05) is 13.8 Å². The normalized spacial score (nSPS) is 22.3. The average molecular weight is 320 g/mol. The first-order valence-corrected chi connectivity index (χ1v) is 7.41. The van der Waals surface area contributed by atoms with E-state index in [4.69, 9.17) is 9.84 Å². The van der Waals surface area contributed by atoms with E-state index < -0.39 is 17.9 Å². The maximum Gasteiger partial charge on any atom is 0.394 e. The summed E-state index contributed by atoms with van der Waals surface area (Å²) in [5, 5.41) is 11.1. The molecule has 0 bridgehead atoms. The molecule has 0 saturated carbocycles. The zero-order valence-corrected chi connectivity index (χ0v) is 13.1. The van der Waals surface area contributed by atoms with Gasteiger partial charge in [-0.1, -0.05) is 30.3 Å². The molecule has 1 saturated heterocycles. The Morgan fingerprint density at radius 1 is 1.17 bits per heavy atom. The zero-order valence-electron chi connectivity index (χ0n) is 13.1. The molecule has 0 spiro atoms. The number of benzene rings is 1. The minimum atomic E-state index is -1.62. The lowest BCUT2D eigenvalue weighted by Crippen LogP contribution is -2.52. The summed E-state index contributed by atoms with van der Waals surface area (Å²) in [4.78, 5) is 36.8. The van der Waals surface area contributed by atoms with Crippen LogP contribution in [0.3, 0.4) is 0 Å². The van der Waals surface area contributed by atoms with Gasteiger partial charge in [0.05, 0.1) is 12.2 Å². The van der Waals surface area contributed by atoms with Crippen molar-refractivity contribution in [2.24, 2.45) is 0 Å². The van der Waals surface area contributed by atoms with Crippen LogP contribution in [0.1, 0.15) is 25.5 Å². The van der Waals surface area contributed by atoms with Crippen molar-refractivity contribution in [1.82, 2.24) is 10.2 Å². The fourth-order valence-corrected chi connectivity index (χ4v) is 2.67. The Hall–Kier alpha value is -2.41. The number of nitrogens with one attached hydrogen (secondary N) is 1. The van der Waals surface area contributed by atoms with Crippen LogP contribution in [-0.4, -0.2) is 53.1 Å². The van der Waals surface area contributed by atoms with Crippen molar-refractivity contribution >= 4 is 17.8 Å². The highest BCUT2D eigenvalue weighted by atomic mass is 16.5. The molecule has 1 aromatic rings. The molecule has 0 aromatic heterocycles. The fourth-order valence-electron chi connectivity index (χ4n) is 2.67. The molecular weight excluding hydrogens is 300 g/mol. The van der Waals surface area contributed by atoms with Gasteiger partial charge in [0, 0.05) is 13.1 Å². The maximum absolute atomic E-state index is 12.8. The smallest absolute Gasteiger partial charge is 0.394 e. The molecule has 0 radical (unpaired) electrons. The molecule has 23 heavy (non-hydrogen) atoms. The van der Waals surface area contributed by atoms with E-state index in [1.54, 1.807) is 35.2 Å². The van der Waals surface area contributed by atoms with Crippen LogP contribution in [0.2, 0.25) is 0 Å². The third-order valence-corrected chi connectivity index (χ3v) is 3.58. The molecule has 2 amide bonds. The Morgan fingerprint density at radius 2 is 1.74 bits per heavy atom. The Balaban J connectivity index is 2.24. The molecule has 1 aliphatic rings. The topological polar surface area (TPSA) is 95.9 Å². The van der Waals surface area contributed by atoms with Crippen molar-refractivity contribution in [2.75, 3.05) is 13.1 Å². The van der Waals surface area contributed by atoms with Gasteiger partial charge in [-0.05, 0) is 19.4 Å². The Kier molecular flexibility index (Phi) is 5.33. The minimum Gasteiger partial charge on any atom is -0.474 e. The van der Waals surface area contributed by atoms with Gasteiger partial charge in [0.15, 0.2) is 0 Å². The Labute approximate surface area is 134 Å². The highest BCUT2D eigenvalue weighted by molar-refractivity contribution is 6.32. The number of amides is 2. The molecule has 0 unspecified atom stereocenters. The van der Waals surface area contributed by atoms with Gasteiger partial charge in [-0.2, -0.15) is 0 Å². The summed E-state index contributed by atoms with van der Waals surface area (Å²) in [5.41, 5.74) is 0.541. The number of nitrogens with zero attached hydrogens (tertiary/aromatic N) is 1. The van der Waals surface area contributed by atoms with Crippen LogP contribution in [0, 0.1) is 0 Å². The van der Waals surface area contributed by atoms with E-state index >= 15 is 0 Å². The van der Waals surface area contributed by atoms with Crippen LogP contribution in [0.5, 0.6) is 0 Å². The van der Waals surface area contributed by atoms with Gasteiger partial charge >= 0.3 is 11.9 Å². The monoisotopic (exact) mass is 320 g/mol. The maximum atomic E-state index is 12.8. The number of aliphatic carboxylic acids is 1. The average Bonchev–Trinajstić information content (AvgIpc) is 2.51. The van der Waals surface area contributed by atoms with E-state index in [2.05, 4.69) is 5.32 Å². The predicted molar refractivity (Wildman–Crippen MR) is 81.6 cm³/mol. The third kappa shape index (κ3) is 4.29. The molecular formula is C16H20N2O5. The van der Waals surface area contributed by atoms with Crippen molar-refractivity contribution in [3.63, 3.8) is 0 Å². The van der Waals surface area contributed by atoms with Crippen molar-refractivity contribution in [3.05, 3.63) is 35.9 Å². The Morgan fingerprint density at radius 3 is 2.26 bits per heavy atom. The summed E-state index contributed by atoms with van der Waals surface area (Å²) in [5.74, 6) is -3.17. The van der Waals surface area contributed by atoms with E-state index in [9.17, 15) is 14.4 Å². The van der Waals surface area contributed by atoms with Gasteiger partial charge in [-0.15, -0.1) is 0 Å². The summed E-state index contributed by atoms with van der Waals surface area (Å²) < 4.78 is 5.60. The number of carbonyl (C=O) groups excluding carboxylic acids is 2. The second kappa shape index (κ2) is 7.23. The standard InChI is InChI=1S/C16H20N2O5/c1-10-8-18(9-11(2)23-10)15(20)13(17-14(19)16(21)22)12-6-4-3-5-7-12/h3-7,10-11,13H,8-9H2,1-2H3,(H,17,19)(H,21,22)/t10-,11-,13+/m1/s1. The largest absolute Gasteiger partial charge is 0.474 e. The number of morpholine rings is 1. The number of rotatable bonds is 3. The van der Waals surface area contributed by atoms with E-state index in [0.717, 1.165) is 0 Å². The molecule has 1 heterocycles. The van der Waals surface area contributed by atoms with Crippen LogP contribution in [0.25, 0.3) is 0 Å². The number of carboxylic acids is 1. The van der Waals surface area contributed by atoms with E-state index in [0.29, 0.717) is 18.7 Å². The predicted octanol–water partition coefficient (Wildman–Crippen LogP) is 0.564. The number of hydrogen-bond donors (Lipinski definition) is 2. The van der Waals surface area contributed by atoms with Crippen LogP contribution in [0.4, 0.5) is 0 Å². The van der Waals surface area contributed by atoms with Crippen LogP contribution in [0.15, 0.2) is 30.3 Å². The van der Waals surface area contributed by atoms with Crippen molar-refractivity contribution in [1.29, 1.82) is 0 Å². The van der Waals surface area contributed by atoms with Gasteiger partial charge in [0.1, 0.15) is 6.04 Å². The van der Waals surface area contributed by atoms with Crippen LogP contribution in [-0.2, 0) is 19.1 Å². The summed E-state index contributed by atoms with van der Waals surface area (Å²) in [6.45, 7) is 4.53. The van der Waals surface area contributed by atoms with Crippen molar-refractivity contribution in [2.45, 2.75) is 32.1 Å². The highest BCUT2D eigenvalue weighted by Crippen LogP contribution is 2.19. The first-order valence-electron chi connectivity index (χ1n) is 7.41. The third-order valence-electron chi connectivity index (χ3n) is 3.58. The van der Waals surface area contributed by atoms with E-state index in [1.165, 1.54) is 0 Å². The zero-order chi connectivity index (χ0) is 17.0. The van der Waals surface area contributed by atoms with Gasteiger partial charge in [-0.25, -0.2) is 4.79 Å². The highest BCUT2D eigenvalue weighted by Gasteiger charge is 2.33. The number of carboxylic acid groups (broad SMARTS) is 1. The quantitative estimate of drug-likeness (QED) is 0.794. The Bertz CT molecular complexity index is 579. The fraction of sp³-hybridized carbons (Fsp3) is 0.438. The summed E-state index contributed by atoms with van der Waals surface area (Å²) in [7, 11) is 0. The number of ether oxygens (including phenoxy) is 1. The first-order chi connectivity index (χ1) is 10.9. The summed E-state index contributed by atoms with van der Waals surface area (Å²) >= 11 is 0. The lowest BCUT2D eigenvalue weighted by atomic mass is 10.0. The SMILES string of the molecule is C[C@@H]1CN(C(=O)[C@@H](NC(=O)C(=O)O)c2ccccc2)C[C@@H](C)O1. The molecule has 7 heteroatoms. The second-order valence-electron chi connectivity index (χ2n) is 5.62. The number of carbonyl (C=O) groups is 3. The summed E-state index contributed by atoms with van der Waals surface area (Å²) in [6, 6.07) is 7.57. The molecule has 1 fully saturated rings. The van der Waals surface area contributed by atoms with E-state index in [-0.39, 0.29) is 18.1 Å². The van der Waals surface area contributed by atoms with Gasteiger partial charge in [0.2, 0.25) is 5.91 Å². The molecule has 7 nitrogen and oxygen atoms in total. The van der Waals surface area contributed by atoms with Gasteiger partial charge in [0.25, 0.3) is 0 Å². The van der Waals surface area contributed by atoms with Gasteiger partial charge in [-0.3, -0.25) is 9.59 Å². The molecule has 1 aromatic carbocycles. The molecule has 0 aliphatic carbocycles. The number of hydrogen-bond acceptors (Lipinski definition) is 4. The lowest BCUT2D eigenvalue weighted by molar-refractivity contribution is -0.153. The second-order valence-corrected chi connectivity index (χ2v) is 5.62. The minimum absolute atomic E-state index is 0.116. The molecule has 3 atom stereocenters.